The molecule has 32 heavy (non-hydrogen) atoms. The van der Waals surface area contributed by atoms with E-state index in [1.54, 1.807) is 22.8 Å². The van der Waals surface area contributed by atoms with Gasteiger partial charge in [0.15, 0.2) is 5.65 Å². The third-order valence-electron chi connectivity index (χ3n) is 6.56. The zero-order chi connectivity index (χ0) is 22.4. The number of aromatic nitrogens is 4. The van der Waals surface area contributed by atoms with Gasteiger partial charge >= 0.3 is 0 Å². The van der Waals surface area contributed by atoms with Gasteiger partial charge in [0.2, 0.25) is 0 Å². The van der Waals surface area contributed by atoms with E-state index in [1.165, 1.54) is 0 Å². The Kier molecular flexibility index (Phi) is 5.51. The average Bonchev–Trinajstić information content (AvgIpc) is 3.35. The summed E-state index contributed by atoms with van der Waals surface area (Å²) in [5.74, 6) is 0.930. The Morgan fingerprint density at radius 3 is 2.88 bits per heavy atom. The minimum absolute atomic E-state index is 0.145. The molecule has 5 heterocycles. The molecule has 5 rings (SSSR count). The quantitative estimate of drug-likeness (QED) is 0.653. The van der Waals surface area contributed by atoms with E-state index in [0.717, 1.165) is 48.5 Å². The summed E-state index contributed by atoms with van der Waals surface area (Å²) in [5.41, 5.74) is 2.85. The van der Waals surface area contributed by atoms with E-state index in [0.29, 0.717) is 18.1 Å². The Morgan fingerprint density at radius 1 is 1.28 bits per heavy atom. The fourth-order valence-electron chi connectivity index (χ4n) is 4.79. The van der Waals surface area contributed by atoms with Crippen molar-refractivity contribution in [1.82, 2.24) is 24.5 Å². The molecule has 2 aliphatic heterocycles. The Labute approximate surface area is 191 Å². The number of hydrogen-bond donors (Lipinski definition) is 1. The highest BCUT2D eigenvalue weighted by Gasteiger charge is 2.33. The molecule has 2 fully saturated rings. The van der Waals surface area contributed by atoms with E-state index in [1.807, 2.05) is 24.1 Å². The molecule has 3 atom stereocenters. The van der Waals surface area contributed by atoms with Crippen LogP contribution >= 0.6 is 11.6 Å². The second-order valence-corrected chi connectivity index (χ2v) is 9.32. The lowest BCUT2D eigenvalue weighted by molar-refractivity contribution is 0.0600. The first kappa shape index (κ1) is 21.2. The molecular formula is C23H27ClN6O2. The number of piperidine rings is 1. The molecule has 3 aromatic heterocycles. The highest BCUT2D eigenvalue weighted by Crippen LogP contribution is 2.33. The molecule has 0 aliphatic carbocycles. The molecule has 0 bridgehead atoms. The number of halogens is 1. The van der Waals surface area contributed by atoms with Crippen LogP contribution in [-0.4, -0.2) is 61.2 Å². The number of likely N-dealkylation sites (tertiary alicyclic amines) is 1. The minimum atomic E-state index is -0.340. The highest BCUT2D eigenvalue weighted by molar-refractivity contribution is 6.33. The van der Waals surface area contributed by atoms with Crippen LogP contribution in [0.2, 0.25) is 5.02 Å². The Hall–Kier alpha value is -2.71. The normalized spacial score (nSPS) is 23.8. The van der Waals surface area contributed by atoms with E-state index >= 15 is 0 Å². The Balaban J connectivity index is 1.47. The fourth-order valence-corrected chi connectivity index (χ4v) is 4.99. The van der Waals surface area contributed by atoms with Crippen LogP contribution < -0.4 is 4.90 Å². The summed E-state index contributed by atoms with van der Waals surface area (Å²) in [5, 5.41) is 15.3. The number of carbonyl (C=O) groups is 1. The number of fused-ring (bicyclic) bond motifs is 1. The smallest absolute Gasteiger partial charge is 0.274 e. The van der Waals surface area contributed by atoms with Crippen molar-refractivity contribution in [2.24, 2.45) is 5.92 Å². The van der Waals surface area contributed by atoms with Gasteiger partial charge in [0.25, 0.3) is 5.91 Å². The zero-order valence-corrected chi connectivity index (χ0v) is 19.0. The van der Waals surface area contributed by atoms with Gasteiger partial charge in [-0.1, -0.05) is 18.5 Å². The largest absolute Gasteiger partial charge is 0.391 e. The molecule has 0 saturated carbocycles. The number of pyridine rings is 1. The van der Waals surface area contributed by atoms with Gasteiger partial charge in [-0.3, -0.25) is 4.79 Å². The summed E-state index contributed by atoms with van der Waals surface area (Å²) in [7, 11) is 0. The van der Waals surface area contributed by atoms with Crippen LogP contribution in [0.1, 0.15) is 54.0 Å². The third kappa shape index (κ3) is 3.71. The van der Waals surface area contributed by atoms with Crippen LogP contribution in [0.5, 0.6) is 0 Å². The summed E-state index contributed by atoms with van der Waals surface area (Å²) < 4.78 is 1.79. The van der Waals surface area contributed by atoms with Gasteiger partial charge in [-0.25, -0.2) is 14.5 Å². The van der Waals surface area contributed by atoms with Gasteiger partial charge in [0.05, 0.1) is 22.9 Å². The minimum Gasteiger partial charge on any atom is -0.391 e. The van der Waals surface area contributed by atoms with Gasteiger partial charge in [-0.05, 0) is 38.3 Å². The van der Waals surface area contributed by atoms with Crippen molar-refractivity contribution < 1.29 is 9.90 Å². The molecule has 0 radical (unpaired) electrons. The van der Waals surface area contributed by atoms with E-state index < -0.39 is 0 Å². The van der Waals surface area contributed by atoms with Crippen LogP contribution in [0.4, 0.5) is 5.82 Å². The number of aliphatic hydroxyl groups is 1. The highest BCUT2D eigenvalue weighted by atomic mass is 35.5. The number of amides is 1. The summed E-state index contributed by atoms with van der Waals surface area (Å²) in [6.07, 6.45) is 6.03. The number of nitrogens with zero attached hydrogens (tertiary/aromatic N) is 6. The van der Waals surface area contributed by atoms with Gasteiger partial charge in [-0.2, -0.15) is 5.10 Å². The van der Waals surface area contributed by atoms with Crippen LogP contribution in [0.3, 0.4) is 0 Å². The molecule has 0 aromatic carbocycles. The molecule has 0 unspecified atom stereocenters. The molecule has 2 saturated heterocycles. The fraction of sp³-hybridized carbons (Fsp3) is 0.478. The lowest BCUT2D eigenvalue weighted by Gasteiger charge is -2.34. The van der Waals surface area contributed by atoms with E-state index in [4.69, 9.17) is 21.7 Å². The third-order valence-corrected chi connectivity index (χ3v) is 6.87. The number of carbonyl (C=O) groups excluding carboxylic acids is 1. The van der Waals surface area contributed by atoms with E-state index in [2.05, 4.69) is 16.8 Å². The van der Waals surface area contributed by atoms with Gasteiger partial charge in [0, 0.05) is 49.6 Å². The monoisotopic (exact) mass is 454 g/mol. The van der Waals surface area contributed by atoms with Gasteiger partial charge in [0.1, 0.15) is 11.5 Å². The maximum absolute atomic E-state index is 13.3. The number of hydrogen-bond acceptors (Lipinski definition) is 6. The molecule has 3 aromatic rings. The van der Waals surface area contributed by atoms with Crippen molar-refractivity contribution in [3.05, 3.63) is 52.6 Å². The van der Waals surface area contributed by atoms with E-state index in [9.17, 15) is 9.90 Å². The standard InChI is InChI=1S/C23H27ClN6O2/c1-14-11-28(13-19(14)31)22-15(2)12-30-20(26-22)10-17(27-30)18-7-3-4-9-29(18)23(32)21-16(24)6-5-8-25-21/h5-6,8,10,12,14,18-19,31H,3-4,7,9,11,13H2,1-2H3/t14-,18+,19+/m1/s1. The maximum atomic E-state index is 13.3. The van der Waals surface area contributed by atoms with Crippen molar-refractivity contribution in [2.75, 3.05) is 24.5 Å². The van der Waals surface area contributed by atoms with Crippen molar-refractivity contribution in [1.29, 1.82) is 0 Å². The van der Waals surface area contributed by atoms with E-state index in [-0.39, 0.29) is 29.7 Å². The molecule has 0 spiro atoms. The Bertz CT molecular complexity index is 1150. The number of anilines is 1. The van der Waals surface area contributed by atoms with Crippen LogP contribution in [0, 0.1) is 12.8 Å². The lowest BCUT2D eigenvalue weighted by Crippen LogP contribution is -2.39. The first-order chi connectivity index (χ1) is 15.4. The second-order valence-electron chi connectivity index (χ2n) is 8.91. The lowest BCUT2D eigenvalue weighted by atomic mass is 9.99. The number of aryl methyl sites for hydroxylation is 1. The van der Waals surface area contributed by atoms with Crippen molar-refractivity contribution >= 4 is 29.0 Å². The predicted octanol–water partition coefficient (Wildman–Crippen LogP) is 3.27. The first-order valence-electron chi connectivity index (χ1n) is 11.1. The molecule has 2 aliphatic rings. The molecule has 1 N–H and O–H groups in total. The second kappa shape index (κ2) is 8.33. The molecule has 9 heteroatoms. The molecule has 168 valence electrons. The van der Waals surface area contributed by atoms with Crippen LogP contribution in [-0.2, 0) is 0 Å². The maximum Gasteiger partial charge on any atom is 0.274 e. The predicted molar refractivity (Wildman–Crippen MR) is 122 cm³/mol. The van der Waals surface area contributed by atoms with Gasteiger partial charge < -0.3 is 14.9 Å². The number of β-amino-alcohol motifs (C(OH)–C–C–N with tert-alkyl or cyclic N) is 1. The van der Waals surface area contributed by atoms with Crippen molar-refractivity contribution in [3.63, 3.8) is 0 Å². The van der Waals surface area contributed by atoms with Crippen molar-refractivity contribution in [3.8, 4) is 0 Å². The zero-order valence-electron chi connectivity index (χ0n) is 18.3. The van der Waals surface area contributed by atoms with Crippen LogP contribution in [0.25, 0.3) is 5.65 Å². The van der Waals surface area contributed by atoms with Crippen LogP contribution in [0.15, 0.2) is 30.6 Å². The average molecular weight is 455 g/mol. The molecular weight excluding hydrogens is 428 g/mol. The summed E-state index contributed by atoms with van der Waals surface area (Å²) in [6.45, 7) is 6.07. The topological polar surface area (TPSA) is 86.9 Å². The summed E-state index contributed by atoms with van der Waals surface area (Å²) >= 11 is 6.25. The Morgan fingerprint density at radius 2 is 2.12 bits per heavy atom. The summed E-state index contributed by atoms with van der Waals surface area (Å²) in [6, 6.07) is 5.24. The SMILES string of the molecule is Cc1cn2nc([C@@H]3CCCCN3C(=O)c3ncccc3Cl)cc2nc1N1C[C@@H](C)[C@@H](O)C1. The summed E-state index contributed by atoms with van der Waals surface area (Å²) in [4.78, 5) is 26.3. The number of rotatable bonds is 3. The molecule has 1 amide bonds. The van der Waals surface area contributed by atoms with Crippen molar-refractivity contribution in [2.45, 2.75) is 45.3 Å². The van der Waals surface area contributed by atoms with Gasteiger partial charge in [-0.15, -0.1) is 0 Å². The first-order valence-corrected chi connectivity index (χ1v) is 11.5. The molecule has 8 nitrogen and oxygen atoms in total. The number of aliphatic hydroxyl groups excluding tert-OH is 1.